The number of allylic oxidation sites excluding steroid dienone is 2. The Balaban J connectivity index is 0.00000182. The molecule has 0 bridgehead atoms. The average Bonchev–Trinajstić information content (AvgIpc) is 3.38. The molecule has 2 amide bonds. The zero-order valence-electron chi connectivity index (χ0n) is 15.9. The minimum absolute atomic E-state index is 0. The van der Waals surface area contributed by atoms with Gasteiger partial charge in [0.05, 0.1) is 6.04 Å². The lowest BCUT2D eigenvalue weighted by atomic mass is 10.0. The van der Waals surface area contributed by atoms with Crippen LogP contribution in [0.4, 0.5) is 4.79 Å². The molecule has 0 aromatic rings. The number of rotatable bonds is 5. The summed E-state index contributed by atoms with van der Waals surface area (Å²) in [5, 5.41) is 5.93. The number of ether oxygens (including phenoxy) is 1. The second-order valence-corrected chi connectivity index (χ2v) is 8.69. The summed E-state index contributed by atoms with van der Waals surface area (Å²) in [7, 11) is 0. The Labute approximate surface area is 153 Å². The minimum atomic E-state index is -0.827. The topological polar surface area (TPSA) is 67.4 Å². The zero-order valence-corrected chi connectivity index (χ0v) is 15.9. The number of carbonyl (C=O) groups is 2. The molecule has 5 nitrogen and oxygen atoms in total. The molecule has 2 N–H and O–H groups in total. The van der Waals surface area contributed by atoms with Gasteiger partial charge in [0.15, 0.2) is 0 Å². The summed E-state index contributed by atoms with van der Waals surface area (Å²) in [5.74, 6) is 1.41. The van der Waals surface area contributed by atoms with E-state index in [0.29, 0.717) is 18.3 Å². The lowest BCUT2D eigenvalue weighted by Gasteiger charge is -2.26. The van der Waals surface area contributed by atoms with Crippen LogP contribution in [0.1, 0.15) is 56.7 Å². The van der Waals surface area contributed by atoms with Gasteiger partial charge in [0.2, 0.25) is 5.91 Å². The van der Waals surface area contributed by atoms with E-state index >= 15 is 0 Å². The summed E-state index contributed by atoms with van der Waals surface area (Å²) in [6.07, 6.45) is 8.85. The fraction of sp³-hybridized carbons (Fsp3) is 0.700. The quantitative estimate of drug-likeness (QED) is 0.792. The van der Waals surface area contributed by atoms with Gasteiger partial charge in [-0.2, -0.15) is 0 Å². The Morgan fingerprint density at radius 1 is 1.40 bits per heavy atom. The molecule has 5 atom stereocenters. The van der Waals surface area contributed by atoms with E-state index in [1.165, 1.54) is 6.42 Å². The van der Waals surface area contributed by atoms with Crippen molar-refractivity contribution < 1.29 is 17.2 Å². The Kier molecular flexibility index (Phi) is 4.46. The van der Waals surface area contributed by atoms with Crippen molar-refractivity contribution in [2.75, 3.05) is 0 Å². The molecule has 5 heteroatoms. The molecule has 0 aromatic carbocycles. The highest BCUT2D eigenvalue weighted by atomic mass is 16.6. The van der Waals surface area contributed by atoms with E-state index < -0.39 is 17.2 Å². The van der Waals surface area contributed by atoms with E-state index in [1.807, 2.05) is 34.6 Å². The zero-order chi connectivity index (χ0) is 18.4. The Hall–Kier alpha value is -1.78. The van der Waals surface area contributed by atoms with Crippen molar-refractivity contribution in [2.24, 2.45) is 17.8 Å². The molecule has 3 rings (SSSR count). The molecular formula is C20H34N2O3. The SMILES string of the molecule is CCC1C[C@]1(NC(=O)OC(C)(C)C)C(=O)N[C@@H](C)C1=CC2CC2C=C1.[HH].[HH]. The number of amides is 2. The van der Waals surface area contributed by atoms with Gasteiger partial charge < -0.3 is 15.4 Å². The monoisotopic (exact) mass is 350 g/mol. The molecule has 2 saturated carbocycles. The third kappa shape index (κ3) is 3.91. The second kappa shape index (κ2) is 6.19. The van der Waals surface area contributed by atoms with Crippen LogP contribution in [0, 0.1) is 17.8 Å². The third-order valence-electron chi connectivity index (χ3n) is 5.41. The standard InChI is InChI=1S/C20H30N2O3.2H2/c1-6-16-11-20(16,22-18(24)25-19(3,4)5)17(23)21-12(2)13-7-8-14-10-15(14)9-13;;/h7-9,12,14-16H,6,10-11H2,1-5H3,(H,21,23)(H,22,24);2*1H/t12-,14?,15?,16?,20+;;/m0../s1. The van der Waals surface area contributed by atoms with Crippen molar-refractivity contribution in [3.8, 4) is 0 Å². The second-order valence-electron chi connectivity index (χ2n) is 8.69. The first-order valence-corrected chi connectivity index (χ1v) is 9.36. The maximum atomic E-state index is 12.9. The molecule has 0 radical (unpaired) electrons. The fourth-order valence-corrected chi connectivity index (χ4v) is 3.68. The minimum Gasteiger partial charge on any atom is -0.444 e. The van der Waals surface area contributed by atoms with Crippen LogP contribution in [0.25, 0.3) is 0 Å². The van der Waals surface area contributed by atoms with Gasteiger partial charge in [-0.15, -0.1) is 0 Å². The first-order valence-electron chi connectivity index (χ1n) is 9.36. The number of fused-ring (bicyclic) bond motifs is 1. The average molecular weight is 351 g/mol. The van der Waals surface area contributed by atoms with Gasteiger partial charge in [0.1, 0.15) is 11.1 Å². The van der Waals surface area contributed by atoms with Gasteiger partial charge in [0.25, 0.3) is 0 Å². The van der Waals surface area contributed by atoms with Crippen LogP contribution in [0.3, 0.4) is 0 Å². The predicted molar refractivity (Wildman–Crippen MR) is 101 cm³/mol. The lowest BCUT2D eigenvalue weighted by molar-refractivity contribution is -0.125. The molecule has 3 unspecified atom stereocenters. The van der Waals surface area contributed by atoms with Gasteiger partial charge >= 0.3 is 6.09 Å². The molecule has 0 aromatic heterocycles. The van der Waals surface area contributed by atoms with Gasteiger partial charge in [-0.3, -0.25) is 4.79 Å². The molecule has 2 fully saturated rings. The molecule has 0 saturated heterocycles. The van der Waals surface area contributed by atoms with E-state index in [0.717, 1.165) is 12.0 Å². The van der Waals surface area contributed by atoms with Crippen LogP contribution in [0.2, 0.25) is 0 Å². The van der Waals surface area contributed by atoms with E-state index in [4.69, 9.17) is 4.74 Å². The van der Waals surface area contributed by atoms with Crippen molar-refractivity contribution in [3.63, 3.8) is 0 Å². The van der Waals surface area contributed by atoms with Crippen LogP contribution < -0.4 is 10.6 Å². The van der Waals surface area contributed by atoms with Gasteiger partial charge in [-0.1, -0.05) is 31.6 Å². The maximum Gasteiger partial charge on any atom is 0.408 e. The highest BCUT2D eigenvalue weighted by Gasteiger charge is 2.60. The number of hydrogen-bond acceptors (Lipinski definition) is 3. The summed E-state index contributed by atoms with van der Waals surface area (Å²) in [4.78, 5) is 25.1. The molecule has 25 heavy (non-hydrogen) atoms. The highest BCUT2D eigenvalue weighted by Crippen LogP contribution is 2.47. The molecule has 3 aliphatic rings. The van der Waals surface area contributed by atoms with Crippen LogP contribution in [-0.4, -0.2) is 29.2 Å². The largest absolute Gasteiger partial charge is 0.444 e. The van der Waals surface area contributed by atoms with Crippen LogP contribution in [0.15, 0.2) is 23.8 Å². The number of nitrogens with one attached hydrogen (secondary N) is 2. The third-order valence-corrected chi connectivity index (χ3v) is 5.41. The van der Waals surface area contributed by atoms with Crippen molar-refractivity contribution in [3.05, 3.63) is 23.8 Å². The first-order chi connectivity index (χ1) is 11.6. The van der Waals surface area contributed by atoms with Crippen molar-refractivity contribution in [2.45, 2.75) is 71.1 Å². The fourth-order valence-electron chi connectivity index (χ4n) is 3.68. The summed E-state index contributed by atoms with van der Waals surface area (Å²) in [6.45, 7) is 9.50. The first kappa shape index (κ1) is 18.0. The lowest BCUT2D eigenvalue weighted by Crippen LogP contribution is -2.53. The molecule has 3 aliphatic carbocycles. The van der Waals surface area contributed by atoms with Crippen molar-refractivity contribution in [1.82, 2.24) is 10.6 Å². The smallest absolute Gasteiger partial charge is 0.408 e. The Morgan fingerprint density at radius 2 is 2.12 bits per heavy atom. The molecule has 0 heterocycles. The number of hydrogen-bond donors (Lipinski definition) is 2. The van der Waals surface area contributed by atoms with Crippen molar-refractivity contribution in [1.29, 1.82) is 0 Å². The van der Waals surface area contributed by atoms with Gasteiger partial charge in [0, 0.05) is 2.85 Å². The molecule has 142 valence electrons. The summed E-state index contributed by atoms with van der Waals surface area (Å²) in [6, 6.07) is -0.0549. The number of alkyl carbamates (subject to hydrolysis) is 1. The highest BCUT2D eigenvalue weighted by molar-refractivity contribution is 5.94. The molecule has 0 spiro atoms. The Bertz CT molecular complexity index is 642. The van der Waals surface area contributed by atoms with Gasteiger partial charge in [-0.25, -0.2) is 4.79 Å². The van der Waals surface area contributed by atoms with E-state index in [-0.39, 0.29) is 20.7 Å². The number of carbonyl (C=O) groups excluding carboxylic acids is 2. The Morgan fingerprint density at radius 3 is 2.68 bits per heavy atom. The molecular weight excluding hydrogens is 316 g/mol. The van der Waals surface area contributed by atoms with Crippen LogP contribution in [-0.2, 0) is 9.53 Å². The summed E-state index contributed by atoms with van der Waals surface area (Å²) in [5.41, 5.74) is -0.246. The maximum absolute atomic E-state index is 12.9. The van der Waals surface area contributed by atoms with Gasteiger partial charge in [-0.05, 0) is 63.9 Å². The van der Waals surface area contributed by atoms with E-state index in [1.54, 1.807) is 0 Å². The predicted octanol–water partition coefficient (Wildman–Crippen LogP) is 3.81. The van der Waals surface area contributed by atoms with E-state index in [2.05, 4.69) is 28.9 Å². The van der Waals surface area contributed by atoms with Crippen molar-refractivity contribution >= 4 is 12.0 Å². The van der Waals surface area contributed by atoms with Crippen LogP contribution in [0.5, 0.6) is 0 Å². The summed E-state index contributed by atoms with van der Waals surface area (Å²) >= 11 is 0. The normalized spacial score (nSPS) is 33.6. The molecule has 0 aliphatic heterocycles. The van der Waals surface area contributed by atoms with E-state index in [9.17, 15) is 9.59 Å². The van der Waals surface area contributed by atoms with Crippen LogP contribution >= 0.6 is 0 Å². The summed E-state index contributed by atoms with van der Waals surface area (Å²) < 4.78 is 5.34.